The third-order valence-corrected chi connectivity index (χ3v) is 4.03. The summed E-state index contributed by atoms with van der Waals surface area (Å²) >= 11 is 1.41. The summed E-state index contributed by atoms with van der Waals surface area (Å²) in [6, 6.07) is 13.4. The van der Waals surface area contributed by atoms with Gasteiger partial charge in [0.15, 0.2) is 5.13 Å². The van der Waals surface area contributed by atoms with Gasteiger partial charge in [0, 0.05) is 29.8 Å². The van der Waals surface area contributed by atoms with Gasteiger partial charge in [0.25, 0.3) is 0 Å². The lowest BCUT2D eigenvalue weighted by Crippen LogP contribution is -2.12. The zero-order valence-corrected chi connectivity index (χ0v) is 13.8. The number of nitrogens with zero attached hydrogens (tertiary/aromatic N) is 2. The Balaban J connectivity index is 1.43. The molecule has 0 spiro atoms. The maximum Gasteiger partial charge on any atom is 0.226 e. The molecule has 0 saturated heterocycles. The van der Waals surface area contributed by atoms with Crippen molar-refractivity contribution in [1.29, 1.82) is 0 Å². The molecule has 0 aliphatic rings. The second-order valence-corrected chi connectivity index (χ2v) is 5.95. The number of thiazole rings is 1. The third kappa shape index (κ3) is 4.63. The van der Waals surface area contributed by atoms with Gasteiger partial charge in [0.2, 0.25) is 5.91 Å². The van der Waals surface area contributed by atoms with Crippen LogP contribution in [0.3, 0.4) is 0 Å². The summed E-state index contributed by atoms with van der Waals surface area (Å²) in [7, 11) is 0. The molecular formula is C18H17N3O2S. The van der Waals surface area contributed by atoms with Crippen LogP contribution in [0.25, 0.3) is 11.3 Å². The van der Waals surface area contributed by atoms with Crippen LogP contribution in [0.2, 0.25) is 0 Å². The molecule has 0 unspecified atom stereocenters. The number of anilines is 1. The average Bonchev–Trinajstić information content (AvgIpc) is 3.09. The maximum atomic E-state index is 12.0. The van der Waals surface area contributed by atoms with E-state index in [4.69, 9.17) is 4.74 Å². The Bertz CT molecular complexity index is 775. The van der Waals surface area contributed by atoms with Crippen LogP contribution in [-0.4, -0.2) is 22.5 Å². The van der Waals surface area contributed by atoms with Crippen molar-refractivity contribution in [2.24, 2.45) is 0 Å². The van der Waals surface area contributed by atoms with Crippen LogP contribution in [0, 0.1) is 0 Å². The number of carbonyl (C=O) groups excluding carboxylic acids is 1. The zero-order valence-electron chi connectivity index (χ0n) is 13.0. The minimum Gasteiger partial charge on any atom is -0.494 e. The quantitative estimate of drug-likeness (QED) is 0.661. The Morgan fingerprint density at radius 1 is 1.17 bits per heavy atom. The Morgan fingerprint density at radius 3 is 2.83 bits per heavy atom. The molecule has 2 heterocycles. The van der Waals surface area contributed by atoms with Gasteiger partial charge in [-0.1, -0.05) is 18.2 Å². The van der Waals surface area contributed by atoms with Crippen molar-refractivity contribution in [3.05, 3.63) is 60.2 Å². The highest BCUT2D eigenvalue weighted by atomic mass is 32.1. The summed E-state index contributed by atoms with van der Waals surface area (Å²) in [5.74, 6) is 0.762. The van der Waals surface area contributed by atoms with Gasteiger partial charge in [-0.05, 0) is 30.7 Å². The number of hydrogen-bond acceptors (Lipinski definition) is 5. The molecule has 0 aliphatic carbocycles. The monoisotopic (exact) mass is 339 g/mol. The maximum absolute atomic E-state index is 12.0. The van der Waals surface area contributed by atoms with E-state index < -0.39 is 0 Å². The molecule has 0 bridgehead atoms. The zero-order chi connectivity index (χ0) is 16.6. The number of rotatable bonds is 7. The van der Waals surface area contributed by atoms with Crippen LogP contribution in [0.15, 0.2) is 60.2 Å². The lowest BCUT2D eigenvalue weighted by molar-refractivity contribution is -0.116. The van der Waals surface area contributed by atoms with Crippen LogP contribution < -0.4 is 10.1 Å². The normalized spacial score (nSPS) is 10.3. The summed E-state index contributed by atoms with van der Waals surface area (Å²) in [4.78, 5) is 20.4. The van der Waals surface area contributed by atoms with Crippen molar-refractivity contribution in [3.63, 3.8) is 0 Å². The molecular weight excluding hydrogens is 322 g/mol. The van der Waals surface area contributed by atoms with E-state index in [1.807, 2.05) is 47.8 Å². The number of hydrogen-bond donors (Lipinski definition) is 1. The Labute approximate surface area is 144 Å². The van der Waals surface area contributed by atoms with Crippen molar-refractivity contribution in [3.8, 4) is 17.0 Å². The number of amides is 1. The number of pyridine rings is 1. The number of aromatic nitrogens is 2. The molecule has 1 N–H and O–H groups in total. The van der Waals surface area contributed by atoms with Crippen LogP contribution in [-0.2, 0) is 4.79 Å². The Kier molecular flexibility index (Phi) is 5.52. The van der Waals surface area contributed by atoms with Crippen molar-refractivity contribution in [2.75, 3.05) is 11.9 Å². The van der Waals surface area contributed by atoms with E-state index in [0.717, 1.165) is 17.0 Å². The van der Waals surface area contributed by atoms with E-state index in [1.165, 1.54) is 11.3 Å². The first kappa shape index (κ1) is 16.1. The molecule has 0 atom stereocenters. The van der Waals surface area contributed by atoms with Gasteiger partial charge in [0.05, 0.1) is 12.3 Å². The molecule has 5 nitrogen and oxygen atoms in total. The van der Waals surface area contributed by atoms with E-state index >= 15 is 0 Å². The molecule has 3 rings (SSSR count). The highest BCUT2D eigenvalue weighted by Crippen LogP contribution is 2.24. The first-order valence-electron chi connectivity index (χ1n) is 7.65. The van der Waals surface area contributed by atoms with Crippen LogP contribution in [0.5, 0.6) is 5.75 Å². The van der Waals surface area contributed by atoms with E-state index in [1.54, 1.807) is 12.4 Å². The van der Waals surface area contributed by atoms with Crippen LogP contribution in [0.1, 0.15) is 12.8 Å². The lowest BCUT2D eigenvalue weighted by atomic mass is 10.2. The van der Waals surface area contributed by atoms with Crippen molar-refractivity contribution < 1.29 is 9.53 Å². The van der Waals surface area contributed by atoms with Gasteiger partial charge in [-0.25, -0.2) is 4.98 Å². The van der Waals surface area contributed by atoms with Crippen molar-refractivity contribution in [1.82, 2.24) is 9.97 Å². The fourth-order valence-corrected chi connectivity index (χ4v) is 2.84. The number of benzene rings is 1. The molecule has 1 aromatic carbocycles. The SMILES string of the molecule is O=C(CCCOc1ccccc1)Nc1nc(-c2cccnc2)cs1. The second kappa shape index (κ2) is 8.21. The topological polar surface area (TPSA) is 64.1 Å². The minimum absolute atomic E-state index is 0.0567. The van der Waals surface area contributed by atoms with E-state index in [0.29, 0.717) is 24.6 Å². The molecule has 2 aromatic heterocycles. The molecule has 6 heteroatoms. The fourth-order valence-electron chi connectivity index (χ4n) is 2.10. The molecule has 3 aromatic rings. The van der Waals surface area contributed by atoms with Gasteiger partial charge >= 0.3 is 0 Å². The van der Waals surface area contributed by atoms with Gasteiger partial charge < -0.3 is 10.1 Å². The predicted molar refractivity (Wildman–Crippen MR) is 95.1 cm³/mol. The summed E-state index contributed by atoms with van der Waals surface area (Å²) in [5.41, 5.74) is 1.75. The van der Waals surface area contributed by atoms with Gasteiger partial charge in [-0.15, -0.1) is 11.3 Å². The van der Waals surface area contributed by atoms with Gasteiger partial charge in [0.1, 0.15) is 5.75 Å². The van der Waals surface area contributed by atoms with E-state index in [2.05, 4.69) is 15.3 Å². The summed E-state index contributed by atoms with van der Waals surface area (Å²) in [6.45, 7) is 0.510. The van der Waals surface area contributed by atoms with Gasteiger partial charge in [-0.3, -0.25) is 9.78 Å². The molecule has 0 aliphatic heterocycles. The third-order valence-electron chi connectivity index (χ3n) is 3.27. The smallest absolute Gasteiger partial charge is 0.226 e. The number of para-hydroxylation sites is 1. The fraction of sp³-hybridized carbons (Fsp3) is 0.167. The summed E-state index contributed by atoms with van der Waals surface area (Å²) < 4.78 is 5.57. The highest BCUT2D eigenvalue weighted by molar-refractivity contribution is 7.14. The standard InChI is InChI=1S/C18H17N3O2S/c22-17(9-5-11-23-15-7-2-1-3-8-15)21-18-20-16(13-24-18)14-6-4-10-19-12-14/h1-4,6-8,10,12-13H,5,9,11H2,(H,20,21,22). The molecule has 0 fully saturated rings. The van der Waals surface area contributed by atoms with Gasteiger partial charge in [-0.2, -0.15) is 0 Å². The number of ether oxygens (including phenoxy) is 1. The molecule has 1 amide bonds. The van der Waals surface area contributed by atoms with Crippen LogP contribution in [0.4, 0.5) is 5.13 Å². The average molecular weight is 339 g/mol. The lowest BCUT2D eigenvalue weighted by Gasteiger charge is -2.05. The first-order valence-corrected chi connectivity index (χ1v) is 8.53. The van der Waals surface area contributed by atoms with Crippen molar-refractivity contribution in [2.45, 2.75) is 12.8 Å². The highest BCUT2D eigenvalue weighted by Gasteiger charge is 2.08. The van der Waals surface area contributed by atoms with E-state index in [9.17, 15) is 4.79 Å². The summed E-state index contributed by atoms with van der Waals surface area (Å²) in [6.07, 6.45) is 4.52. The summed E-state index contributed by atoms with van der Waals surface area (Å²) in [5, 5.41) is 5.33. The molecule has 24 heavy (non-hydrogen) atoms. The Morgan fingerprint density at radius 2 is 2.04 bits per heavy atom. The molecule has 0 saturated carbocycles. The minimum atomic E-state index is -0.0567. The first-order chi connectivity index (χ1) is 11.8. The van der Waals surface area contributed by atoms with Crippen molar-refractivity contribution >= 4 is 22.4 Å². The molecule has 122 valence electrons. The second-order valence-electron chi connectivity index (χ2n) is 5.09. The number of carbonyl (C=O) groups is 1. The molecule has 0 radical (unpaired) electrons. The Hall–Kier alpha value is -2.73. The van der Waals surface area contributed by atoms with Crippen LogP contribution >= 0.6 is 11.3 Å². The largest absolute Gasteiger partial charge is 0.494 e. The number of nitrogens with one attached hydrogen (secondary N) is 1. The van der Waals surface area contributed by atoms with E-state index in [-0.39, 0.29) is 5.91 Å². The predicted octanol–water partition coefficient (Wildman–Crippen LogP) is 4.00.